The van der Waals surface area contributed by atoms with E-state index in [9.17, 15) is 14.7 Å². The van der Waals surface area contributed by atoms with E-state index in [0.717, 1.165) is 10.9 Å². The summed E-state index contributed by atoms with van der Waals surface area (Å²) in [6.45, 7) is 4.85. The molecule has 1 atom stereocenters. The van der Waals surface area contributed by atoms with E-state index in [0.29, 0.717) is 86.4 Å². The van der Waals surface area contributed by atoms with Gasteiger partial charge in [-0.1, -0.05) is 12.1 Å². The molecule has 1 aromatic heterocycles. The molecule has 2 N–H and O–H groups in total. The lowest BCUT2D eigenvalue weighted by Crippen LogP contribution is -2.40. The van der Waals surface area contributed by atoms with Crippen LogP contribution in [-0.4, -0.2) is 73.4 Å². The number of ether oxygens (including phenoxy) is 4. The van der Waals surface area contributed by atoms with Gasteiger partial charge in [-0.25, -0.2) is 9.78 Å². The van der Waals surface area contributed by atoms with Crippen molar-refractivity contribution < 1.29 is 33.6 Å². The van der Waals surface area contributed by atoms with Crippen molar-refractivity contribution in [1.29, 1.82) is 0 Å². The van der Waals surface area contributed by atoms with Crippen molar-refractivity contribution in [3.63, 3.8) is 0 Å². The molecule has 0 spiro atoms. The first-order valence-corrected chi connectivity index (χ1v) is 13.9. The van der Waals surface area contributed by atoms with Crippen molar-refractivity contribution in [3.8, 4) is 17.4 Å². The number of benzene rings is 2. The molecule has 1 unspecified atom stereocenters. The lowest BCUT2D eigenvalue weighted by molar-refractivity contribution is -0.137. The van der Waals surface area contributed by atoms with Gasteiger partial charge in [-0.2, -0.15) is 0 Å². The fraction of sp³-hybridized carbons (Fsp3) is 0.387. The van der Waals surface area contributed by atoms with Crippen LogP contribution >= 0.6 is 0 Å². The van der Waals surface area contributed by atoms with Gasteiger partial charge in [-0.15, -0.1) is 0 Å². The second-order valence-electron chi connectivity index (χ2n) is 10.0. The standard InChI is InChI=1S/C31H35N3O7/c1-3-39-29(36)11-5-20-4-7-24(30-23(20)8-10-28(33-30)38-2)25(35)19-34-14-12-21(13-15-34)31(37)32-22-6-9-26-27(18-22)41-17-16-40-26/h4-11,18,21,25,35H,3,12-17,19H2,1-2H3,(H,32,37)/b11-5+. The number of aliphatic hydroxyl groups is 1. The number of aromatic nitrogens is 1. The summed E-state index contributed by atoms with van der Waals surface area (Å²) >= 11 is 0. The van der Waals surface area contributed by atoms with Crippen molar-refractivity contribution in [2.24, 2.45) is 5.92 Å². The zero-order valence-electron chi connectivity index (χ0n) is 23.3. The lowest BCUT2D eigenvalue weighted by atomic mass is 9.94. The van der Waals surface area contributed by atoms with Crippen LogP contribution in [0.15, 0.2) is 48.5 Å². The molecule has 3 aromatic rings. The van der Waals surface area contributed by atoms with E-state index in [2.05, 4.69) is 15.2 Å². The zero-order valence-corrected chi connectivity index (χ0v) is 23.3. The molecule has 0 aliphatic carbocycles. The second kappa shape index (κ2) is 13.0. The van der Waals surface area contributed by atoms with Gasteiger partial charge in [0.2, 0.25) is 11.8 Å². The highest BCUT2D eigenvalue weighted by Crippen LogP contribution is 2.33. The maximum absolute atomic E-state index is 13.0. The van der Waals surface area contributed by atoms with Gasteiger partial charge in [-0.3, -0.25) is 4.79 Å². The van der Waals surface area contributed by atoms with Crippen LogP contribution in [0.3, 0.4) is 0 Å². The number of rotatable bonds is 9. The summed E-state index contributed by atoms with van der Waals surface area (Å²) in [6, 6.07) is 12.7. The molecule has 1 amide bonds. The van der Waals surface area contributed by atoms with Crippen molar-refractivity contribution in [2.45, 2.75) is 25.9 Å². The Hall–Kier alpha value is -4.15. The summed E-state index contributed by atoms with van der Waals surface area (Å²) in [4.78, 5) is 31.6. The molecule has 2 aromatic carbocycles. The number of amides is 1. The van der Waals surface area contributed by atoms with Crippen molar-refractivity contribution >= 4 is 34.5 Å². The summed E-state index contributed by atoms with van der Waals surface area (Å²) in [5.41, 5.74) is 2.75. The molecule has 41 heavy (non-hydrogen) atoms. The molecule has 216 valence electrons. The molecule has 2 aliphatic heterocycles. The molecule has 10 heteroatoms. The van der Waals surface area contributed by atoms with Crippen LogP contribution in [0.2, 0.25) is 0 Å². The van der Waals surface area contributed by atoms with Crippen molar-refractivity contribution in [2.75, 3.05) is 51.9 Å². The van der Waals surface area contributed by atoms with E-state index >= 15 is 0 Å². The third-order valence-corrected chi connectivity index (χ3v) is 7.35. The van der Waals surface area contributed by atoms with Crippen LogP contribution < -0.4 is 19.5 Å². The number of hydrogen-bond acceptors (Lipinski definition) is 9. The van der Waals surface area contributed by atoms with E-state index in [-0.39, 0.29) is 11.8 Å². The number of carbonyl (C=O) groups is 2. The SMILES string of the molecule is CCOC(=O)/C=C/c1ccc(C(O)CN2CCC(C(=O)Nc3ccc4c(c3)OCCO4)CC2)c2nc(OC)ccc12. The molecule has 10 nitrogen and oxygen atoms in total. The Morgan fingerprint density at radius 2 is 1.90 bits per heavy atom. The summed E-state index contributed by atoms with van der Waals surface area (Å²) in [5.74, 6) is 1.20. The minimum atomic E-state index is -0.803. The zero-order chi connectivity index (χ0) is 28.8. The van der Waals surface area contributed by atoms with Gasteiger partial charge in [-0.05, 0) is 62.7 Å². The van der Waals surface area contributed by atoms with Gasteiger partial charge < -0.3 is 34.3 Å². The highest BCUT2D eigenvalue weighted by atomic mass is 16.6. The Kier molecular flexibility index (Phi) is 9.01. The molecule has 2 aliphatic rings. The number of piperidine rings is 1. The number of likely N-dealkylation sites (tertiary alicyclic amines) is 1. The quantitative estimate of drug-likeness (QED) is 0.295. The van der Waals surface area contributed by atoms with Crippen LogP contribution in [0.4, 0.5) is 5.69 Å². The van der Waals surface area contributed by atoms with Gasteiger partial charge in [0.15, 0.2) is 11.5 Å². The van der Waals surface area contributed by atoms with Crippen LogP contribution in [-0.2, 0) is 14.3 Å². The first-order valence-electron chi connectivity index (χ1n) is 13.9. The van der Waals surface area contributed by atoms with E-state index in [1.807, 2.05) is 30.3 Å². The number of methoxy groups -OCH3 is 1. The van der Waals surface area contributed by atoms with Crippen molar-refractivity contribution in [3.05, 3.63) is 59.7 Å². The first-order chi connectivity index (χ1) is 19.9. The average molecular weight is 562 g/mol. The number of β-amino-alcohol motifs (C(OH)–C–C–N with tert-alkyl or cyclic N) is 1. The van der Waals surface area contributed by atoms with Gasteiger partial charge in [0.05, 0.1) is 25.3 Å². The van der Waals surface area contributed by atoms with Crippen molar-refractivity contribution in [1.82, 2.24) is 9.88 Å². The normalized spacial score (nSPS) is 16.5. The molecule has 0 saturated carbocycles. The molecular weight excluding hydrogens is 526 g/mol. The topological polar surface area (TPSA) is 119 Å². The largest absolute Gasteiger partial charge is 0.486 e. The number of anilines is 1. The van der Waals surface area contributed by atoms with E-state index in [1.54, 1.807) is 32.2 Å². The predicted octanol–water partition coefficient (Wildman–Crippen LogP) is 3.98. The summed E-state index contributed by atoms with van der Waals surface area (Å²) in [7, 11) is 1.54. The number of esters is 1. The van der Waals surface area contributed by atoms with Crippen LogP contribution in [0.25, 0.3) is 17.0 Å². The minimum Gasteiger partial charge on any atom is -0.486 e. The minimum absolute atomic E-state index is 0.0179. The van der Waals surface area contributed by atoms with Crippen LogP contribution in [0.1, 0.15) is 37.0 Å². The number of pyridine rings is 1. The predicted molar refractivity (Wildman–Crippen MR) is 154 cm³/mol. The Morgan fingerprint density at radius 3 is 2.66 bits per heavy atom. The molecule has 3 heterocycles. The molecule has 0 radical (unpaired) electrons. The number of aliphatic hydroxyl groups excluding tert-OH is 1. The smallest absolute Gasteiger partial charge is 0.330 e. The van der Waals surface area contributed by atoms with E-state index in [4.69, 9.17) is 18.9 Å². The number of nitrogens with one attached hydrogen (secondary N) is 1. The van der Waals surface area contributed by atoms with E-state index < -0.39 is 12.1 Å². The highest BCUT2D eigenvalue weighted by Gasteiger charge is 2.27. The maximum Gasteiger partial charge on any atom is 0.330 e. The Bertz CT molecular complexity index is 1430. The van der Waals surface area contributed by atoms with Gasteiger partial charge in [0.25, 0.3) is 0 Å². The van der Waals surface area contributed by atoms with E-state index in [1.165, 1.54) is 6.08 Å². The molecule has 1 saturated heterocycles. The summed E-state index contributed by atoms with van der Waals surface area (Å²) in [5, 5.41) is 15.1. The number of hydrogen-bond donors (Lipinski definition) is 2. The third-order valence-electron chi connectivity index (χ3n) is 7.35. The summed E-state index contributed by atoms with van der Waals surface area (Å²) < 4.78 is 21.5. The van der Waals surface area contributed by atoms with Gasteiger partial charge >= 0.3 is 5.97 Å². The number of fused-ring (bicyclic) bond motifs is 2. The van der Waals surface area contributed by atoms with Gasteiger partial charge in [0, 0.05) is 47.3 Å². The monoisotopic (exact) mass is 561 g/mol. The third kappa shape index (κ3) is 6.78. The maximum atomic E-state index is 13.0. The first kappa shape index (κ1) is 28.4. The Balaban J connectivity index is 1.22. The lowest BCUT2D eigenvalue weighted by Gasteiger charge is -2.32. The Labute approximate surface area is 238 Å². The van der Waals surface area contributed by atoms with Gasteiger partial charge in [0.1, 0.15) is 13.2 Å². The van der Waals surface area contributed by atoms with Crippen LogP contribution in [0.5, 0.6) is 17.4 Å². The number of carbonyl (C=O) groups excluding carboxylic acids is 2. The highest BCUT2D eigenvalue weighted by molar-refractivity contribution is 5.95. The summed E-state index contributed by atoms with van der Waals surface area (Å²) in [6.07, 6.45) is 3.64. The fourth-order valence-corrected chi connectivity index (χ4v) is 5.20. The Morgan fingerprint density at radius 1 is 1.12 bits per heavy atom. The molecular formula is C31H35N3O7. The second-order valence-corrected chi connectivity index (χ2v) is 10.0. The molecule has 5 rings (SSSR count). The molecule has 1 fully saturated rings. The molecule has 0 bridgehead atoms. The average Bonchev–Trinajstić information content (AvgIpc) is 2.99. The number of nitrogens with zero attached hydrogens (tertiary/aromatic N) is 2. The fourth-order valence-electron chi connectivity index (χ4n) is 5.20. The van der Waals surface area contributed by atoms with Crippen LogP contribution in [0, 0.1) is 5.92 Å².